The molecule has 0 unspecified atom stereocenters. The van der Waals surface area contributed by atoms with Crippen molar-refractivity contribution in [3.8, 4) is 11.5 Å². The number of hydrogen-bond donors (Lipinski definition) is 1. The first-order chi connectivity index (χ1) is 16.9. The number of para-hydroxylation sites is 1. The van der Waals surface area contributed by atoms with E-state index in [1.54, 1.807) is 42.6 Å². The molecule has 2 heterocycles. The molecule has 1 aromatic heterocycles. The number of amides is 1. The van der Waals surface area contributed by atoms with Gasteiger partial charge in [0.05, 0.1) is 24.3 Å². The van der Waals surface area contributed by atoms with Crippen LogP contribution in [-0.2, 0) is 24.3 Å². The minimum atomic E-state index is -3.71. The third-order valence-electron chi connectivity index (χ3n) is 5.03. The Hall–Kier alpha value is -3.80. The maximum atomic E-state index is 12.8. The molecule has 4 rings (SSSR count). The Morgan fingerprint density at radius 1 is 1.03 bits per heavy atom. The largest absolute Gasteiger partial charge is 0.455 e. The van der Waals surface area contributed by atoms with Crippen molar-refractivity contribution in [1.82, 2.24) is 9.29 Å². The van der Waals surface area contributed by atoms with Crippen LogP contribution in [0.1, 0.15) is 10.4 Å². The second-order valence-corrected chi connectivity index (χ2v) is 9.39. The Morgan fingerprint density at radius 2 is 1.83 bits per heavy atom. The molecule has 1 amide bonds. The predicted molar refractivity (Wildman–Crippen MR) is 126 cm³/mol. The molecule has 1 aliphatic heterocycles. The van der Waals surface area contributed by atoms with Gasteiger partial charge in [-0.3, -0.25) is 9.78 Å². The van der Waals surface area contributed by atoms with E-state index < -0.39 is 28.5 Å². The summed E-state index contributed by atoms with van der Waals surface area (Å²) in [5.41, 5.74) is 0.406. The second-order valence-electron chi connectivity index (χ2n) is 7.46. The van der Waals surface area contributed by atoms with Gasteiger partial charge in [-0.25, -0.2) is 13.2 Å². The fourth-order valence-electron chi connectivity index (χ4n) is 3.33. The number of sulfonamides is 1. The van der Waals surface area contributed by atoms with Crippen LogP contribution in [0.4, 0.5) is 5.69 Å². The van der Waals surface area contributed by atoms with E-state index in [4.69, 9.17) is 14.2 Å². The van der Waals surface area contributed by atoms with E-state index in [9.17, 15) is 18.0 Å². The van der Waals surface area contributed by atoms with E-state index in [0.717, 1.165) is 0 Å². The molecule has 182 valence electrons. The van der Waals surface area contributed by atoms with Gasteiger partial charge in [0.2, 0.25) is 10.0 Å². The fourth-order valence-corrected chi connectivity index (χ4v) is 4.79. The third-order valence-corrected chi connectivity index (χ3v) is 6.92. The van der Waals surface area contributed by atoms with Crippen LogP contribution in [0.15, 0.2) is 78.0 Å². The number of pyridine rings is 1. The van der Waals surface area contributed by atoms with E-state index in [0.29, 0.717) is 19.0 Å². The second kappa shape index (κ2) is 11.1. The number of rotatable bonds is 8. The lowest BCUT2D eigenvalue weighted by atomic mass is 10.2. The highest BCUT2D eigenvalue weighted by molar-refractivity contribution is 7.89. The summed E-state index contributed by atoms with van der Waals surface area (Å²) < 4.78 is 43.1. The summed E-state index contributed by atoms with van der Waals surface area (Å²) >= 11 is 0. The minimum absolute atomic E-state index is 0.0515. The molecule has 11 heteroatoms. The van der Waals surface area contributed by atoms with Crippen LogP contribution in [-0.4, -0.2) is 62.5 Å². The lowest BCUT2D eigenvalue weighted by Gasteiger charge is -2.26. The van der Waals surface area contributed by atoms with Crippen molar-refractivity contribution in [1.29, 1.82) is 0 Å². The number of ether oxygens (including phenoxy) is 3. The first-order valence-corrected chi connectivity index (χ1v) is 12.2. The molecule has 1 fully saturated rings. The smallest absolute Gasteiger partial charge is 0.342 e. The Labute approximate surface area is 202 Å². The summed E-state index contributed by atoms with van der Waals surface area (Å²) in [6, 6.07) is 15.8. The number of hydrogen-bond acceptors (Lipinski definition) is 8. The van der Waals surface area contributed by atoms with Crippen molar-refractivity contribution in [2.75, 3.05) is 38.2 Å². The Balaban J connectivity index is 1.37. The molecule has 10 nitrogen and oxygen atoms in total. The van der Waals surface area contributed by atoms with Gasteiger partial charge in [0.15, 0.2) is 6.61 Å². The maximum Gasteiger partial charge on any atom is 0.342 e. The number of morpholine rings is 1. The molecule has 1 N–H and O–H groups in total. The molecule has 0 bridgehead atoms. The number of esters is 1. The molecule has 35 heavy (non-hydrogen) atoms. The van der Waals surface area contributed by atoms with Gasteiger partial charge >= 0.3 is 5.97 Å². The number of nitrogens with zero attached hydrogens (tertiary/aromatic N) is 2. The molecule has 3 aromatic rings. The van der Waals surface area contributed by atoms with E-state index in [-0.39, 0.29) is 35.0 Å². The number of nitrogens with one attached hydrogen (secondary N) is 1. The van der Waals surface area contributed by atoms with Gasteiger partial charge in [0, 0.05) is 25.0 Å². The van der Waals surface area contributed by atoms with Crippen LogP contribution in [0, 0.1) is 0 Å². The molecule has 0 saturated carbocycles. The van der Waals surface area contributed by atoms with Crippen molar-refractivity contribution in [3.63, 3.8) is 0 Å². The highest BCUT2D eigenvalue weighted by Gasteiger charge is 2.26. The normalized spacial score (nSPS) is 14.2. The monoisotopic (exact) mass is 497 g/mol. The zero-order valence-corrected chi connectivity index (χ0v) is 19.4. The van der Waals surface area contributed by atoms with Crippen LogP contribution in [0.2, 0.25) is 0 Å². The van der Waals surface area contributed by atoms with Gasteiger partial charge in [-0.15, -0.1) is 0 Å². The number of benzene rings is 2. The summed E-state index contributed by atoms with van der Waals surface area (Å²) in [4.78, 5) is 29.0. The highest BCUT2D eigenvalue weighted by atomic mass is 32.2. The SMILES string of the molecule is O=C(COC(=O)c1ccccc1Oc1cccnc1)Nc1cccc(S(=O)(=O)N2CCOCC2)c1. The molecule has 0 atom stereocenters. The highest BCUT2D eigenvalue weighted by Crippen LogP contribution is 2.25. The maximum absolute atomic E-state index is 12.8. The Kier molecular flexibility index (Phi) is 7.70. The lowest BCUT2D eigenvalue weighted by Crippen LogP contribution is -2.40. The number of aromatic nitrogens is 1. The van der Waals surface area contributed by atoms with Crippen LogP contribution in [0.5, 0.6) is 11.5 Å². The fraction of sp³-hybridized carbons (Fsp3) is 0.208. The van der Waals surface area contributed by atoms with Gasteiger partial charge < -0.3 is 19.5 Å². The summed E-state index contributed by atoms with van der Waals surface area (Å²) in [6.07, 6.45) is 3.10. The molecule has 1 saturated heterocycles. The standard InChI is InChI=1S/C24H23N3O7S/c28-23(26-18-5-3-7-20(15-18)35(30,31)27-11-13-32-14-12-27)17-33-24(29)21-8-1-2-9-22(21)34-19-6-4-10-25-16-19/h1-10,15-16H,11-14,17H2,(H,26,28). The summed E-state index contributed by atoms with van der Waals surface area (Å²) in [6.45, 7) is 0.622. The van der Waals surface area contributed by atoms with Gasteiger partial charge in [-0.2, -0.15) is 4.31 Å². The van der Waals surface area contributed by atoms with E-state index in [1.165, 1.54) is 34.8 Å². The number of carbonyl (C=O) groups excluding carboxylic acids is 2. The van der Waals surface area contributed by atoms with Crippen LogP contribution >= 0.6 is 0 Å². The average Bonchev–Trinajstić information content (AvgIpc) is 2.89. The minimum Gasteiger partial charge on any atom is -0.455 e. The molecule has 0 radical (unpaired) electrons. The van der Waals surface area contributed by atoms with Gasteiger partial charge in [-0.05, 0) is 42.5 Å². The van der Waals surface area contributed by atoms with Crippen LogP contribution in [0.25, 0.3) is 0 Å². The van der Waals surface area contributed by atoms with E-state index in [2.05, 4.69) is 10.3 Å². The molecular formula is C24H23N3O7S. The third kappa shape index (κ3) is 6.21. The Bertz CT molecular complexity index is 1290. The van der Waals surface area contributed by atoms with Crippen molar-refractivity contribution < 1.29 is 32.2 Å². The van der Waals surface area contributed by atoms with E-state index >= 15 is 0 Å². The zero-order valence-electron chi connectivity index (χ0n) is 18.6. The van der Waals surface area contributed by atoms with Gasteiger partial charge in [0.25, 0.3) is 5.91 Å². The molecule has 2 aromatic carbocycles. The molecule has 0 spiro atoms. The van der Waals surface area contributed by atoms with Gasteiger partial charge in [0.1, 0.15) is 17.1 Å². The Morgan fingerprint density at radius 3 is 2.60 bits per heavy atom. The average molecular weight is 498 g/mol. The van der Waals surface area contributed by atoms with Crippen molar-refractivity contribution in [2.45, 2.75) is 4.90 Å². The zero-order chi connectivity index (χ0) is 24.7. The molecule has 1 aliphatic rings. The van der Waals surface area contributed by atoms with Gasteiger partial charge in [-0.1, -0.05) is 18.2 Å². The summed E-state index contributed by atoms with van der Waals surface area (Å²) in [7, 11) is -3.71. The summed E-state index contributed by atoms with van der Waals surface area (Å²) in [5, 5.41) is 2.56. The molecule has 0 aliphatic carbocycles. The van der Waals surface area contributed by atoms with Crippen molar-refractivity contribution in [3.05, 3.63) is 78.6 Å². The quantitative estimate of drug-likeness (QED) is 0.471. The number of carbonyl (C=O) groups is 2. The van der Waals surface area contributed by atoms with Crippen molar-refractivity contribution in [2.24, 2.45) is 0 Å². The predicted octanol–water partition coefficient (Wildman–Crippen LogP) is 2.69. The summed E-state index contributed by atoms with van der Waals surface area (Å²) in [5.74, 6) is -0.669. The lowest BCUT2D eigenvalue weighted by molar-refractivity contribution is -0.119. The topological polar surface area (TPSA) is 124 Å². The number of anilines is 1. The van der Waals surface area contributed by atoms with Crippen molar-refractivity contribution >= 4 is 27.6 Å². The van der Waals surface area contributed by atoms with E-state index in [1.807, 2.05) is 0 Å². The van der Waals surface area contributed by atoms with Crippen LogP contribution in [0.3, 0.4) is 0 Å². The van der Waals surface area contributed by atoms with Crippen LogP contribution < -0.4 is 10.1 Å². The first kappa shape index (κ1) is 24.3. The first-order valence-electron chi connectivity index (χ1n) is 10.8. The molecular weight excluding hydrogens is 474 g/mol.